The SMILES string of the molecule is CC(C)[C@H]1CC[C@@H](N2CCC(N3C(=O)C(NC(=O)O)c4cc(F)ccc43)CC2)CC1. The van der Waals surface area contributed by atoms with E-state index in [9.17, 15) is 14.0 Å². The number of halogens is 1. The highest BCUT2D eigenvalue weighted by Gasteiger charge is 2.43. The summed E-state index contributed by atoms with van der Waals surface area (Å²) in [6.07, 6.45) is 5.53. The normalized spacial score (nSPS) is 28.1. The summed E-state index contributed by atoms with van der Waals surface area (Å²) in [5.74, 6) is 0.841. The molecule has 6 nitrogen and oxygen atoms in total. The molecule has 0 radical (unpaired) electrons. The number of nitrogens with one attached hydrogen (secondary N) is 1. The van der Waals surface area contributed by atoms with Gasteiger partial charge in [-0.1, -0.05) is 13.8 Å². The molecular weight excluding hydrogens is 385 g/mol. The standard InChI is InChI=1S/C23H32FN3O3/c1-14(2)15-3-6-17(7-4-15)26-11-9-18(10-12-26)27-20-8-5-16(24)13-19(20)21(22(27)28)25-23(29)30/h5,8,13-15,17-18,21,25H,3-4,6-7,9-12H2,1-2H3,(H,29,30)/t15-,17+,21?. The van der Waals surface area contributed by atoms with E-state index in [0.29, 0.717) is 17.3 Å². The number of likely N-dealkylation sites (tertiary alicyclic amines) is 1. The van der Waals surface area contributed by atoms with Gasteiger partial charge in [0.2, 0.25) is 0 Å². The number of carbonyl (C=O) groups excluding carboxylic acids is 1. The summed E-state index contributed by atoms with van der Waals surface area (Å²) in [7, 11) is 0. The summed E-state index contributed by atoms with van der Waals surface area (Å²) >= 11 is 0. The largest absolute Gasteiger partial charge is 0.465 e. The van der Waals surface area contributed by atoms with Crippen molar-refractivity contribution >= 4 is 17.7 Å². The molecule has 2 amide bonds. The first-order chi connectivity index (χ1) is 14.3. The molecule has 1 unspecified atom stereocenters. The highest BCUT2D eigenvalue weighted by Crippen LogP contribution is 2.40. The predicted octanol–water partition coefficient (Wildman–Crippen LogP) is 4.16. The van der Waals surface area contributed by atoms with Crippen molar-refractivity contribution in [2.45, 2.75) is 70.5 Å². The quantitative estimate of drug-likeness (QED) is 0.772. The van der Waals surface area contributed by atoms with Crippen LogP contribution in [-0.4, -0.2) is 47.2 Å². The Morgan fingerprint density at radius 3 is 2.37 bits per heavy atom. The summed E-state index contributed by atoms with van der Waals surface area (Å²) in [5, 5.41) is 11.4. The second-order valence-electron chi connectivity index (χ2n) is 9.37. The molecule has 1 aromatic carbocycles. The fourth-order valence-electron chi connectivity index (χ4n) is 5.65. The van der Waals surface area contributed by atoms with Crippen LogP contribution in [0, 0.1) is 17.7 Å². The molecule has 2 N–H and O–H groups in total. The van der Waals surface area contributed by atoms with Crippen LogP contribution in [0.4, 0.5) is 14.9 Å². The number of hydrogen-bond acceptors (Lipinski definition) is 3. The van der Waals surface area contributed by atoms with Crippen LogP contribution in [0.25, 0.3) is 0 Å². The lowest BCUT2D eigenvalue weighted by atomic mass is 9.79. The average Bonchev–Trinajstić information content (AvgIpc) is 2.99. The minimum atomic E-state index is -1.28. The van der Waals surface area contributed by atoms with E-state index in [0.717, 1.165) is 37.8 Å². The van der Waals surface area contributed by atoms with Crippen LogP contribution < -0.4 is 10.2 Å². The van der Waals surface area contributed by atoms with E-state index in [1.54, 1.807) is 11.0 Å². The summed E-state index contributed by atoms with van der Waals surface area (Å²) in [6.45, 7) is 6.53. The molecule has 3 aliphatic rings. The van der Waals surface area contributed by atoms with Crippen LogP contribution in [0.5, 0.6) is 0 Å². The molecule has 1 aromatic rings. The van der Waals surface area contributed by atoms with E-state index in [1.807, 2.05) is 0 Å². The summed E-state index contributed by atoms with van der Waals surface area (Å²) < 4.78 is 13.8. The Hall–Kier alpha value is -2.15. The van der Waals surface area contributed by atoms with Gasteiger partial charge < -0.3 is 20.2 Å². The zero-order valence-corrected chi connectivity index (χ0v) is 17.8. The smallest absolute Gasteiger partial charge is 0.405 e. The van der Waals surface area contributed by atoms with Gasteiger partial charge in [0.25, 0.3) is 5.91 Å². The molecule has 7 heteroatoms. The van der Waals surface area contributed by atoms with Crippen LogP contribution in [0.3, 0.4) is 0 Å². The molecule has 1 atom stereocenters. The Bertz CT molecular complexity index is 799. The zero-order valence-electron chi connectivity index (χ0n) is 17.8. The van der Waals surface area contributed by atoms with Gasteiger partial charge in [-0.25, -0.2) is 9.18 Å². The number of piperidine rings is 1. The van der Waals surface area contributed by atoms with Gasteiger partial charge in [-0.3, -0.25) is 4.79 Å². The third-order valence-electron chi connectivity index (χ3n) is 7.38. The second kappa shape index (κ2) is 8.53. The van der Waals surface area contributed by atoms with Crippen LogP contribution >= 0.6 is 0 Å². The lowest BCUT2D eigenvalue weighted by molar-refractivity contribution is -0.120. The van der Waals surface area contributed by atoms with E-state index in [1.165, 1.54) is 37.8 Å². The maximum absolute atomic E-state index is 13.8. The third kappa shape index (κ3) is 4.04. The lowest BCUT2D eigenvalue weighted by Crippen LogP contribution is -2.51. The number of hydrogen-bond donors (Lipinski definition) is 2. The molecule has 1 saturated heterocycles. The van der Waals surface area contributed by atoms with E-state index in [4.69, 9.17) is 5.11 Å². The minimum absolute atomic E-state index is 0.0190. The molecule has 0 spiro atoms. The summed E-state index contributed by atoms with van der Waals surface area (Å²) in [5.41, 5.74) is 1.05. The van der Waals surface area contributed by atoms with Gasteiger partial charge in [0.15, 0.2) is 0 Å². The predicted molar refractivity (Wildman–Crippen MR) is 113 cm³/mol. The number of fused-ring (bicyclic) bond motifs is 1. The van der Waals surface area contributed by atoms with Crippen LogP contribution in [0.15, 0.2) is 18.2 Å². The molecule has 164 valence electrons. The fraction of sp³-hybridized carbons (Fsp3) is 0.652. The third-order valence-corrected chi connectivity index (χ3v) is 7.38. The maximum Gasteiger partial charge on any atom is 0.405 e. The number of anilines is 1. The highest BCUT2D eigenvalue weighted by atomic mass is 19.1. The summed E-state index contributed by atoms with van der Waals surface area (Å²) in [4.78, 5) is 28.5. The Balaban J connectivity index is 1.42. The van der Waals surface area contributed by atoms with Gasteiger partial charge in [-0.05, 0) is 68.6 Å². The van der Waals surface area contributed by atoms with Gasteiger partial charge >= 0.3 is 6.09 Å². The van der Waals surface area contributed by atoms with Crippen LogP contribution in [0.2, 0.25) is 0 Å². The Morgan fingerprint density at radius 2 is 1.77 bits per heavy atom. The number of rotatable bonds is 4. The molecule has 0 bridgehead atoms. The molecule has 2 fully saturated rings. The minimum Gasteiger partial charge on any atom is -0.465 e. The van der Waals surface area contributed by atoms with Crippen molar-refractivity contribution in [3.05, 3.63) is 29.6 Å². The number of carboxylic acid groups (broad SMARTS) is 1. The first-order valence-corrected chi connectivity index (χ1v) is 11.2. The Labute approximate surface area is 177 Å². The van der Waals surface area contributed by atoms with Crippen molar-refractivity contribution < 1.29 is 19.1 Å². The van der Waals surface area contributed by atoms with Crippen molar-refractivity contribution in [2.24, 2.45) is 11.8 Å². The Kier molecular flexibility index (Phi) is 6.00. The number of benzene rings is 1. The molecule has 2 aliphatic heterocycles. The number of amides is 2. The van der Waals surface area contributed by atoms with Gasteiger partial charge in [0.1, 0.15) is 11.9 Å². The molecule has 30 heavy (non-hydrogen) atoms. The molecule has 1 aliphatic carbocycles. The average molecular weight is 418 g/mol. The van der Waals surface area contributed by atoms with Crippen molar-refractivity contribution in [2.75, 3.05) is 18.0 Å². The first kappa shape index (κ1) is 21.1. The van der Waals surface area contributed by atoms with Gasteiger partial charge in [-0.2, -0.15) is 0 Å². The monoisotopic (exact) mass is 417 g/mol. The molecule has 4 rings (SSSR count). The second-order valence-corrected chi connectivity index (χ2v) is 9.37. The van der Waals surface area contributed by atoms with E-state index in [2.05, 4.69) is 24.1 Å². The van der Waals surface area contributed by atoms with E-state index < -0.39 is 18.0 Å². The molecule has 2 heterocycles. The van der Waals surface area contributed by atoms with Crippen molar-refractivity contribution in [3.8, 4) is 0 Å². The zero-order chi connectivity index (χ0) is 21.4. The number of carbonyl (C=O) groups is 2. The van der Waals surface area contributed by atoms with Crippen LogP contribution in [-0.2, 0) is 4.79 Å². The topological polar surface area (TPSA) is 72.9 Å². The van der Waals surface area contributed by atoms with Crippen LogP contribution in [0.1, 0.15) is 64.0 Å². The van der Waals surface area contributed by atoms with Crippen molar-refractivity contribution in [1.82, 2.24) is 10.2 Å². The van der Waals surface area contributed by atoms with Crippen molar-refractivity contribution in [1.29, 1.82) is 0 Å². The van der Waals surface area contributed by atoms with Crippen molar-refractivity contribution in [3.63, 3.8) is 0 Å². The molecule has 1 saturated carbocycles. The first-order valence-electron chi connectivity index (χ1n) is 11.2. The van der Waals surface area contributed by atoms with E-state index >= 15 is 0 Å². The van der Waals surface area contributed by atoms with E-state index in [-0.39, 0.29) is 11.9 Å². The van der Waals surface area contributed by atoms with Gasteiger partial charge in [0, 0.05) is 30.7 Å². The maximum atomic E-state index is 13.8. The fourth-order valence-corrected chi connectivity index (χ4v) is 5.65. The summed E-state index contributed by atoms with van der Waals surface area (Å²) in [6, 6.07) is 3.84. The molecular formula is C23H32FN3O3. The van der Waals surface area contributed by atoms with Gasteiger partial charge in [-0.15, -0.1) is 0 Å². The van der Waals surface area contributed by atoms with Gasteiger partial charge in [0.05, 0.1) is 5.69 Å². The highest BCUT2D eigenvalue weighted by molar-refractivity contribution is 6.06. The lowest BCUT2D eigenvalue weighted by Gasteiger charge is -2.43. The Morgan fingerprint density at radius 1 is 1.10 bits per heavy atom. The molecule has 0 aromatic heterocycles. The number of nitrogens with zero attached hydrogens (tertiary/aromatic N) is 2.